The predicted octanol–water partition coefficient (Wildman–Crippen LogP) is 2.70. The van der Waals surface area contributed by atoms with Crippen molar-refractivity contribution in [3.63, 3.8) is 0 Å². The summed E-state index contributed by atoms with van der Waals surface area (Å²) in [5.74, 6) is -0.622. The van der Waals surface area contributed by atoms with E-state index in [-0.39, 0.29) is 17.2 Å². The van der Waals surface area contributed by atoms with Crippen LogP contribution in [-0.4, -0.2) is 19.5 Å². The van der Waals surface area contributed by atoms with Gasteiger partial charge in [0.25, 0.3) is 0 Å². The van der Waals surface area contributed by atoms with E-state index in [0.29, 0.717) is 12.2 Å². The first-order chi connectivity index (χ1) is 6.65. The Labute approximate surface area is 86.6 Å². The SMILES string of the molecule is COCCC(=O)c1ccc(F)c(Cl)c1. The van der Waals surface area contributed by atoms with Crippen LogP contribution in [0.5, 0.6) is 0 Å². The smallest absolute Gasteiger partial charge is 0.165 e. The lowest BCUT2D eigenvalue weighted by Gasteiger charge is -2.01. The quantitative estimate of drug-likeness (QED) is 0.724. The Morgan fingerprint density at radius 3 is 2.86 bits per heavy atom. The maximum atomic E-state index is 12.7. The third-order valence-corrected chi connectivity index (χ3v) is 2.06. The lowest BCUT2D eigenvalue weighted by atomic mass is 10.1. The van der Waals surface area contributed by atoms with Gasteiger partial charge in [-0.1, -0.05) is 11.6 Å². The van der Waals surface area contributed by atoms with Gasteiger partial charge in [-0.15, -0.1) is 0 Å². The van der Waals surface area contributed by atoms with Crippen molar-refractivity contribution >= 4 is 17.4 Å². The van der Waals surface area contributed by atoms with Crippen LogP contribution < -0.4 is 0 Å². The Bertz CT molecular complexity index is 339. The van der Waals surface area contributed by atoms with Gasteiger partial charge in [0, 0.05) is 19.1 Å². The van der Waals surface area contributed by atoms with Gasteiger partial charge in [-0.05, 0) is 18.2 Å². The van der Waals surface area contributed by atoms with Crippen LogP contribution in [0.4, 0.5) is 4.39 Å². The van der Waals surface area contributed by atoms with Crippen molar-refractivity contribution < 1.29 is 13.9 Å². The number of hydrogen-bond acceptors (Lipinski definition) is 2. The number of hydrogen-bond donors (Lipinski definition) is 0. The van der Waals surface area contributed by atoms with Gasteiger partial charge < -0.3 is 4.74 Å². The number of Topliss-reactive ketones (excluding diaryl/α,β-unsaturated/α-hetero) is 1. The minimum atomic E-state index is -0.519. The minimum Gasteiger partial charge on any atom is -0.384 e. The molecule has 0 N–H and O–H groups in total. The number of carbonyl (C=O) groups is 1. The molecule has 0 atom stereocenters. The molecule has 0 heterocycles. The lowest BCUT2D eigenvalue weighted by molar-refractivity contribution is 0.0932. The van der Waals surface area contributed by atoms with E-state index < -0.39 is 5.82 Å². The average molecular weight is 217 g/mol. The second-order valence-electron chi connectivity index (χ2n) is 2.79. The van der Waals surface area contributed by atoms with Crippen molar-refractivity contribution in [1.29, 1.82) is 0 Å². The number of carbonyl (C=O) groups excluding carboxylic acids is 1. The maximum Gasteiger partial charge on any atom is 0.165 e. The highest BCUT2D eigenvalue weighted by Gasteiger charge is 2.08. The molecule has 14 heavy (non-hydrogen) atoms. The van der Waals surface area contributed by atoms with Crippen LogP contribution in [0.2, 0.25) is 5.02 Å². The molecule has 0 aliphatic carbocycles. The fourth-order valence-electron chi connectivity index (χ4n) is 1.01. The van der Waals surface area contributed by atoms with E-state index in [1.165, 1.54) is 25.3 Å². The molecule has 0 spiro atoms. The molecule has 0 saturated carbocycles. The zero-order chi connectivity index (χ0) is 10.6. The third kappa shape index (κ3) is 2.79. The largest absolute Gasteiger partial charge is 0.384 e. The van der Waals surface area contributed by atoms with Crippen LogP contribution >= 0.6 is 11.6 Å². The highest BCUT2D eigenvalue weighted by atomic mass is 35.5. The Balaban J connectivity index is 2.76. The summed E-state index contributed by atoms with van der Waals surface area (Å²) >= 11 is 5.53. The Morgan fingerprint density at radius 1 is 1.57 bits per heavy atom. The van der Waals surface area contributed by atoms with Crippen LogP contribution in [-0.2, 0) is 4.74 Å². The molecule has 0 aliphatic rings. The monoisotopic (exact) mass is 216 g/mol. The number of halogens is 2. The second-order valence-corrected chi connectivity index (χ2v) is 3.20. The second kappa shape index (κ2) is 5.08. The molecule has 76 valence electrons. The molecule has 0 aromatic heterocycles. The molecule has 0 fully saturated rings. The van der Waals surface area contributed by atoms with E-state index >= 15 is 0 Å². The summed E-state index contributed by atoms with van der Waals surface area (Å²) in [4.78, 5) is 11.4. The van der Waals surface area contributed by atoms with Crippen LogP contribution in [0.1, 0.15) is 16.8 Å². The summed E-state index contributed by atoms with van der Waals surface area (Å²) in [5.41, 5.74) is 0.411. The minimum absolute atomic E-state index is 0.0340. The molecule has 0 saturated heterocycles. The fourth-order valence-corrected chi connectivity index (χ4v) is 1.19. The number of benzene rings is 1. The molecule has 0 bridgehead atoms. The van der Waals surface area contributed by atoms with E-state index in [1.807, 2.05) is 0 Å². The summed E-state index contributed by atoms with van der Waals surface area (Å²) in [6.45, 7) is 0.355. The van der Waals surface area contributed by atoms with Gasteiger partial charge in [-0.3, -0.25) is 4.79 Å². The highest BCUT2D eigenvalue weighted by molar-refractivity contribution is 6.31. The molecule has 0 aliphatic heterocycles. The van der Waals surface area contributed by atoms with Crippen molar-refractivity contribution in [2.75, 3.05) is 13.7 Å². The Morgan fingerprint density at radius 2 is 2.29 bits per heavy atom. The molecule has 0 unspecified atom stereocenters. The molecule has 1 rings (SSSR count). The molecule has 2 nitrogen and oxygen atoms in total. The maximum absolute atomic E-state index is 12.7. The van der Waals surface area contributed by atoms with Crippen LogP contribution in [0.3, 0.4) is 0 Å². The Hall–Kier alpha value is -0.930. The molecule has 1 aromatic carbocycles. The zero-order valence-electron chi connectivity index (χ0n) is 7.72. The van der Waals surface area contributed by atoms with E-state index in [0.717, 1.165) is 0 Å². The van der Waals surface area contributed by atoms with Gasteiger partial charge in [0.15, 0.2) is 5.78 Å². The standard InChI is InChI=1S/C10H10ClFO2/c1-14-5-4-10(13)7-2-3-9(12)8(11)6-7/h2-3,6H,4-5H2,1H3. The first kappa shape index (κ1) is 11.1. The van der Waals surface area contributed by atoms with Gasteiger partial charge in [0.2, 0.25) is 0 Å². The van der Waals surface area contributed by atoms with Crippen molar-refractivity contribution in [3.05, 3.63) is 34.6 Å². The zero-order valence-corrected chi connectivity index (χ0v) is 8.47. The van der Waals surface area contributed by atoms with Crippen molar-refractivity contribution in [2.45, 2.75) is 6.42 Å². The summed E-state index contributed by atoms with van der Waals surface area (Å²) in [5, 5.41) is -0.0340. The molecular formula is C10H10ClFO2. The predicted molar refractivity (Wildman–Crippen MR) is 52.2 cm³/mol. The molecule has 1 aromatic rings. The van der Waals surface area contributed by atoms with Gasteiger partial charge in [-0.2, -0.15) is 0 Å². The van der Waals surface area contributed by atoms with Gasteiger partial charge in [0.05, 0.1) is 11.6 Å². The van der Waals surface area contributed by atoms with Gasteiger partial charge in [-0.25, -0.2) is 4.39 Å². The first-order valence-corrected chi connectivity index (χ1v) is 4.50. The van der Waals surface area contributed by atoms with E-state index in [4.69, 9.17) is 16.3 Å². The molecule has 0 amide bonds. The van der Waals surface area contributed by atoms with Gasteiger partial charge in [0.1, 0.15) is 5.82 Å². The summed E-state index contributed by atoms with van der Waals surface area (Å²) in [7, 11) is 1.52. The molecule has 0 radical (unpaired) electrons. The van der Waals surface area contributed by atoms with Crippen LogP contribution in [0.15, 0.2) is 18.2 Å². The number of ketones is 1. The van der Waals surface area contributed by atoms with E-state index in [2.05, 4.69) is 0 Å². The average Bonchev–Trinajstić information content (AvgIpc) is 2.18. The normalized spacial score (nSPS) is 10.2. The van der Waals surface area contributed by atoms with E-state index in [1.54, 1.807) is 0 Å². The summed E-state index contributed by atoms with van der Waals surface area (Å²) in [6.07, 6.45) is 0.276. The Kier molecular flexibility index (Phi) is 4.04. The first-order valence-electron chi connectivity index (χ1n) is 4.12. The number of methoxy groups -OCH3 is 1. The fraction of sp³-hybridized carbons (Fsp3) is 0.300. The van der Waals surface area contributed by atoms with Crippen molar-refractivity contribution in [2.24, 2.45) is 0 Å². The topological polar surface area (TPSA) is 26.3 Å². The van der Waals surface area contributed by atoms with Gasteiger partial charge >= 0.3 is 0 Å². The van der Waals surface area contributed by atoms with E-state index in [9.17, 15) is 9.18 Å². The summed E-state index contributed by atoms with van der Waals surface area (Å²) in [6, 6.07) is 3.93. The molecular weight excluding hydrogens is 207 g/mol. The lowest BCUT2D eigenvalue weighted by Crippen LogP contribution is -2.03. The van der Waals surface area contributed by atoms with Crippen molar-refractivity contribution in [1.82, 2.24) is 0 Å². The highest BCUT2D eigenvalue weighted by Crippen LogP contribution is 2.16. The van der Waals surface area contributed by atoms with Crippen LogP contribution in [0, 0.1) is 5.82 Å². The number of rotatable bonds is 4. The molecule has 4 heteroatoms. The summed E-state index contributed by atoms with van der Waals surface area (Å²) < 4.78 is 17.5. The van der Waals surface area contributed by atoms with Crippen LogP contribution in [0.25, 0.3) is 0 Å². The number of ether oxygens (including phenoxy) is 1. The van der Waals surface area contributed by atoms with Crippen molar-refractivity contribution in [3.8, 4) is 0 Å². The third-order valence-electron chi connectivity index (χ3n) is 1.77.